The molecule has 2 N–H and O–H groups in total. The molecule has 1 saturated heterocycles. The summed E-state index contributed by atoms with van der Waals surface area (Å²) in [5.74, 6) is -0.388. The monoisotopic (exact) mass is 435 g/mol. The molecule has 2 aromatic carbocycles. The van der Waals surface area contributed by atoms with E-state index in [1.165, 1.54) is 18.2 Å². The quantitative estimate of drug-likeness (QED) is 0.747. The van der Waals surface area contributed by atoms with Crippen LogP contribution in [-0.2, 0) is 4.79 Å². The summed E-state index contributed by atoms with van der Waals surface area (Å²) in [5, 5.41) is 5.56. The van der Waals surface area contributed by atoms with E-state index >= 15 is 0 Å². The summed E-state index contributed by atoms with van der Waals surface area (Å²) >= 11 is 3.21. The van der Waals surface area contributed by atoms with Crippen molar-refractivity contribution in [1.29, 1.82) is 0 Å². The molecule has 0 spiro atoms. The summed E-state index contributed by atoms with van der Waals surface area (Å²) in [4.78, 5) is 26.0. The number of urea groups is 1. The molecule has 27 heavy (non-hydrogen) atoms. The van der Waals surface area contributed by atoms with E-state index in [-0.39, 0.29) is 18.0 Å². The molecule has 0 bridgehead atoms. The molecule has 3 rings (SSSR count). The number of anilines is 2. The van der Waals surface area contributed by atoms with E-state index in [4.69, 9.17) is 4.74 Å². The van der Waals surface area contributed by atoms with Crippen molar-refractivity contribution in [2.45, 2.75) is 26.0 Å². The summed E-state index contributed by atoms with van der Waals surface area (Å²) in [6.07, 6.45) is -0.801. The number of hydrogen-bond acceptors (Lipinski definition) is 3. The molecule has 0 saturated carbocycles. The lowest BCUT2D eigenvalue weighted by Gasteiger charge is -2.21. The molecule has 1 aliphatic rings. The van der Waals surface area contributed by atoms with E-state index in [1.807, 2.05) is 13.0 Å². The fourth-order valence-corrected chi connectivity index (χ4v) is 3.22. The third-order valence-electron chi connectivity index (χ3n) is 4.17. The maximum Gasteiger partial charge on any atom is 0.322 e. The molecule has 142 valence electrons. The molecule has 0 radical (unpaired) electrons. The van der Waals surface area contributed by atoms with Crippen molar-refractivity contribution in [3.05, 3.63) is 52.8 Å². The smallest absolute Gasteiger partial charge is 0.322 e. The number of carbonyl (C=O) groups excluding carboxylic acids is 2. The Morgan fingerprint density at radius 3 is 2.81 bits per heavy atom. The molecule has 6 nitrogen and oxygen atoms in total. The molecule has 0 unspecified atom stereocenters. The second-order valence-corrected chi connectivity index (χ2v) is 7.13. The minimum Gasteiger partial charge on any atom is -0.480 e. The van der Waals surface area contributed by atoms with Crippen LogP contribution < -0.4 is 20.3 Å². The van der Waals surface area contributed by atoms with Gasteiger partial charge in [0.1, 0.15) is 11.6 Å². The van der Waals surface area contributed by atoms with E-state index < -0.39 is 11.9 Å². The van der Waals surface area contributed by atoms with Crippen molar-refractivity contribution >= 4 is 39.2 Å². The second-order valence-electron chi connectivity index (χ2n) is 6.28. The SMILES string of the molecule is C[C@@H]1CNC(=O)N1c1cccc(NC(=O)[C@@H](C)Oc2ccc(F)cc2Br)c1. The molecular weight excluding hydrogens is 417 g/mol. The van der Waals surface area contributed by atoms with Gasteiger partial charge in [0.15, 0.2) is 6.10 Å². The predicted octanol–water partition coefficient (Wildman–Crippen LogP) is 3.91. The highest BCUT2D eigenvalue weighted by molar-refractivity contribution is 9.10. The molecule has 0 aromatic heterocycles. The number of ether oxygens (including phenoxy) is 1. The van der Waals surface area contributed by atoms with Gasteiger partial charge in [0.2, 0.25) is 0 Å². The first-order valence-electron chi connectivity index (χ1n) is 8.45. The molecule has 1 aliphatic heterocycles. The standard InChI is InChI=1S/C19H19BrFN3O3/c1-11-10-22-19(26)24(11)15-5-3-4-14(9-15)23-18(25)12(2)27-17-7-6-13(21)8-16(17)20/h3-9,11-12H,10H2,1-2H3,(H,22,26)(H,23,25)/t11-,12-/m1/s1. The third-order valence-corrected chi connectivity index (χ3v) is 4.79. The summed E-state index contributed by atoms with van der Waals surface area (Å²) in [6, 6.07) is 10.9. The van der Waals surface area contributed by atoms with Crippen LogP contribution in [0.4, 0.5) is 20.6 Å². The van der Waals surface area contributed by atoms with Gasteiger partial charge < -0.3 is 15.4 Å². The van der Waals surface area contributed by atoms with Crippen LogP contribution in [0.1, 0.15) is 13.8 Å². The van der Waals surface area contributed by atoms with Crippen LogP contribution in [0.3, 0.4) is 0 Å². The Hall–Kier alpha value is -2.61. The highest BCUT2D eigenvalue weighted by atomic mass is 79.9. The van der Waals surface area contributed by atoms with Crippen LogP contribution in [0.5, 0.6) is 5.75 Å². The van der Waals surface area contributed by atoms with Crippen molar-refractivity contribution in [2.24, 2.45) is 0 Å². The third kappa shape index (κ3) is 4.39. The summed E-state index contributed by atoms with van der Waals surface area (Å²) < 4.78 is 19.2. The van der Waals surface area contributed by atoms with E-state index in [9.17, 15) is 14.0 Å². The molecule has 8 heteroatoms. The van der Waals surface area contributed by atoms with Gasteiger partial charge >= 0.3 is 6.03 Å². The Kier molecular flexibility index (Phi) is 5.65. The number of carbonyl (C=O) groups is 2. The first-order chi connectivity index (χ1) is 12.8. The lowest BCUT2D eigenvalue weighted by molar-refractivity contribution is -0.122. The maximum atomic E-state index is 13.2. The van der Waals surface area contributed by atoms with E-state index in [2.05, 4.69) is 26.6 Å². The molecule has 2 atom stereocenters. The van der Waals surface area contributed by atoms with Crippen molar-refractivity contribution in [3.8, 4) is 5.75 Å². The number of rotatable bonds is 5. The van der Waals surface area contributed by atoms with E-state index in [0.717, 1.165) is 0 Å². The van der Waals surface area contributed by atoms with E-state index in [1.54, 1.807) is 30.0 Å². The number of halogens is 2. The zero-order valence-electron chi connectivity index (χ0n) is 14.8. The van der Waals surface area contributed by atoms with Crippen molar-refractivity contribution < 1.29 is 18.7 Å². The Bertz CT molecular complexity index is 877. The van der Waals surface area contributed by atoms with Gasteiger partial charge in [0.25, 0.3) is 5.91 Å². The maximum absolute atomic E-state index is 13.2. The number of nitrogens with zero attached hydrogens (tertiary/aromatic N) is 1. The van der Waals surface area contributed by atoms with Crippen LogP contribution in [0.15, 0.2) is 46.9 Å². The molecule has 0 aliphatic carbocycles. The van der Waals surface area contributed by atoms with Gasteiger partial charge in [-0.1, -0.05) is 6.07 Å². The molecule has 2 aromatic rings. The van der Waals surface area contributed by atoms with Crippen molar-refractivity contribution in [2.75, 3.05) is 16.8 Å². The van der Waals surface area contributed by atoms with Crippen molar-refractivity contribution in [3.63, 3.8) is 0 Å². The highest BCUT2D eigenvalue weighted by Crippen LogP contribution is 2.27. The zero-order chi connectivity index (χ0) is 19.6. The number of amides is 3. The lowest BCUT2D eigenvalue weighted by Crippen LogP contribution is -2.32. The van der Waals surface area contributed by atoms with Crippen molar-refractivity contribution in [1.82, 2.24) is 5.32 Å². The number of hydrogen-bond donors (Lipinski definition) is 2. The zero-order valence-corrected chi connectivity index (χ0v) is 16.4. The van der Waals surface area contributed by atoms with Crippen LogP contribution >= 0.6 is 15.9 Å². The Morgan fingerprint density at radius 1 is 1.37 bits per heavy atom. The molecule has 3 amide bonds. The predicted molar refractivity (Wildman–Crippen MR) is 105 cm³/mol. The Labute approximate surface area is 164 Å². The first kappa shape index (κ1) is 19.2. The Balaban J connectivity index is 1.68. The normalized spacial score (nSPS) is 17.4. The fraction of sp³-hybridized carbons (Fsp3) is 0.263. The van der Waals surface area contributed by atoms with Gasteiger partial charge in [-0.15, -0.1) is 0 Å². The topological polar surface area (TPSA) is 70.7 Å². The number of nitrogens with one attached hydrogen (secondary N) is 2. The van der Waals surface area contributed by atoms with Crippen LogP contribution in [0, 0.1) is 5.82 Å². The molecular formula is C19H19BrFN3O3. The number of benzene rings is 2. The van der Waals surface area contributed by atoms with Crippen LogP contribution in [0.2, 0.25) is 0 Å². The second kappa shape index (κ2) is 7.96. The fourth-order valence-electron chi connectivity index (χ4n) is 2.78. The summed E-state index contributed by atoms with van der Waals surface area (Å²) in [6.45, 7) is 4.12. The molecule has 1 heterocycles. The minimum absolute atomic E-state index is 0.0292. The summed E-state index contributed by atoms with van der Waals surface area (Å²) in [7, 11) is 0. The Morgan fingerprint density at radius 2 is 2.15 bits per heavy atom. The van der Waals surface area contributed by atoms with Gasteiger partial charge in [0, 0.05) is 17.9 Å². The van der Waals surface area contributed by atoms with Crippen LogP contribution in [-0.4, -0.2) is 30.6 Å². The lowest BCUT2D eigenvalue weighted by atomic mass is 10.2. The van der Waals surface area contributed by atoms with Gasteiger partial charge in [-0.25, -0.2) is 9.18 Å². The van der Waals surface area contributed by atoms with Gasteiger partial charge in [-0.2, -0.15) is 0 Å². The van der Waals surface area contributed by atoms with Gasteiger partial charge in [-0.05, 0) is 66.2 Å². The molecule has 1 fully saturated rings. The van der Waals surface area contributed by atoms with Crippen LogP contribution in [0.25, 0.3) is 0 Å². The average molecular weight is 436 g/mol. The van der Waals surface area contributed by atoms with Gasteiger partial charge in [0.05, 0.1) is 10.5 Å². The van der Waals surface area contributed by atoms with Gasteiger partial charge in [-0.3, -0.25) is 9.69 Å². The first-order valence-corrected chi connectivity index (χ1v) is 9.24. The average Bonchev–Trinajstić information content (AvgIpc) is 2.96. The van der Waals surface area contributed by atoms with E-state index in [0.29, 0.717) is 28.1 Å². The largest absolute Gasteiger partial charge is 0.480 e. The summed E-state index contributed by atoms with van der Waals surface area (Å²) in [5.41, 5.74) is 1.25. The minimum atomic E-state index is -0.801. The highest BCUT2D eigenvalue weighted by Gasteiger charge is 2.28.